The topological polar surface area (TPSA) is 0 Å². The van der Waals surface area contributed by atoms with Gasteiger partial charge in [-0.05, 0) is 5.19 Å². The van der Waals surface area contributed by atoms with E-state index in [-0.39, 0.29) is 0 Å². The number of hydrogen-bond acceptors (Lipinski definition) is 0. The van der Waals surface area contributed by atoms with Crippen LogP contribution < -0.4 is 5.19 Å². The van der Waals surface area contributed by atoms with Gasteiger partial charge in [-0.1, -0.05) is 70.0 Å². The first-order valence-corrected chi connectivity index (χ1v) is 12.9. The molecule has 92 valence electrons. The van der Waals surface area contributed by atoms with Crippen LogP contribution in [0.5, 0.6) is 0 Å². The Morgan fingerprint density at radius 2 is 1.47 bits per heavy atom. The van der Waals surface area contributed by atoms with Gasteiger partial charge in [0.15, 0.2) is 8.07 Å². The van der Waals surface area contributed by atoms with Crippen molar-refractivity contribution >= 4 is 21.3 Å². The van der Waals surface area contributed by atoms with Crippen molar-refractivity contribution in [3.05, 3.63) is 30.3 Å². The third-order valence-electron chi connectivity index (χ3n) is 3.40. The van der Waals surface area contributed by atoms with Gasteiger partial charge in [-0.2, -0.15) is 0 Å². The summed E-state index contributed by atoms with van der Waals surface area (Å²) in [5.74, 6) is 3.53. The van der Waals surface area contributed by atoms with E-state index in [1.54, 1.807) is 0 Å². The van der Waals surface area contributed by atoms with Crippen LogP contribution in [-0.4, -0.2) is 16.1 Å². The third kappa shape index (κ3) is 4.18. The van der Waals surface area contributed by atoms with Gasteiger partial charge in [0, 0.05) is 5.54 Å². The summed E-state index contributed by atoms with van der Waals surface area (Å²) in [4.78, 5) is 0. The fraction of sp³-hybridized carbons (Fsp3) is 0.467. The van der Waals surface area contributed by atoms with Gasteiger partial charge in [-0.15, -0.1) is 11.5 Å². The highest BCUT2D eigenvalue weighted by Crippen LogP contribution is 2.19. The van der Waals surface area contributed by atoms with Crippen LogP contribution in [0.3, 0.4) is 0 Å². The van der Waals surface area contributed by atoms with E-state index < -0.39 is 16.1 Å². The first kappa shape index (κ1) is 14.3. The fourth-order valence-electron chi connectivity index (χ4n) is 1.43. The van der Waals surface area contributed by atoms with Gasteiger partial charge >= 0.3 is 0 Å². The SMILES string of the molecule is CC(C#C[Si](C)(C)c1ccccc1)[Si](C)(C)C. The second kappa shape index (κ2) is 5.24. The minimum Gasteiger partial charge on any atom is -0.126 e. The van der Waals surface area contributed by atoms with Gasteiger partial charge in [0.2, 0.25) is 0 Å². The molecule has 0 nitrogen and oxygen atoms in total. The maximum absolute atomic E-state index is 3.61. The smallest absolute Gasteiger partial charge is 0.126 e. The molecule has 0 fully saturated rings. The summed E-state index contributed by atoms with van der Waals surface area (Å²) < 4.78 is 0. The van der Waals surface area contributed by atoms with Crippen LogP contribution in [0.4, 0.5) is 0 Å². The molecule has 0 spiro atoms. The van der Waals surface area contributed by atoms with E-state index in [1.807, 2.05) is 0 Å². The molecule has 1 aromatic rings. The van der Waals surface area contributed by atoms with Gasteiger partial charge in [0.25, 0.3) is 0 Å². The molecule has 0 aliphatic rings. The highest BCUT2D eigenvalue weighted by molar-refractivity contribution is 6.96. The molecule has 1 unspecified atom stereocenters. The van der Waals surface area contributed by atoms with Gasteiger partial charge in [0.05, 0.1) is 8.07 Å². The van der Waals surface area contributed by atoms with Crippen LogP contribution in [0.25, 0.3) is 0 Å². The molecule has 0 aromatic heterocycles. The zero-order valence-corrected chi connectivity index (χ0v) is 14.0. The van der Waals surface area contributed by atoms with E-state index in [2.05, 4.69) is 81.5 Å². The molecule has 17 heavy (non-hydrogen) atoms. The summed E-state index contributed by atoms with van der Waals surface area (Å²) in [5, 5.41) is 1.44. The lowest BCUT2D eigenvalue weighted by Crippen LogP contribution is -2.40. The number of hydrogen-bond donors (Lipinski definition) is 0. The molecule has 0 aliphatic carbocycles. The van der Waals surface area contributed by atoms with Crippen molar-refractivity contribution < 1.29 is 0 Å². The highest BCUT2D eigenvalue weighted by Gasteiger charge is 2.23. The Kier molecular flexibility index (Phi) is 4.40. The lowest BCUT2D eigenvalue weighted by atomic mass is 10.4. The van der Waals surface area contributed by atoms with Crippen LogP contribution in [0.2, 0.25) is 38.3 Å². The Morgan fingerprint density at radius 1 is 0.941 bits per heavy atom. The van der Waals surface area contributed by atoms with Gasteiger partial charge < -0.3 is 0 Å². The van der Waals surface area contributed by atoms with E-state index in [9.17, 15) is 0 Å². The monoisotopic (exact) mass is 260 g/mol. The van der Waals surface area contributed by atoms with Gasteiger partial charge in [-0.25, -0.2) is 0 Å². The lowest BCUT2D eigenvalue weighted by molar-refractivity contribution is 1.17. The Bertz CT molecular complexity index is 416. The molecule has 0 bridgehead atoms. The minimum absolute atomic E-state index is 0.581. The Hall–Kier alpha value is -0.786. The van der Waals surface area contributed by atoms with Crippen LogP contribution >= 0.6 is 0 Å². The van der Waals surface area contributed by atoms with Crippen molar-refractivity contribution in [3.63, 3.8) is 0 Å². The number of rotatable bonds is 2. The Labute approximate surface area is 108 Å². The van der Waals surface area contributed by atoms with E-state index in [0.29, 0.717) is 5.54 Å². The average molecular weight is 261 g/mol. The molecule has 0 radical (unpaired) electrons. The second-order valence-corrected chi connectivity index (χ2v) is 16.0. The molecule has 1 rings (SSSR count). The fourth-order valence-corrected chi connectivity index (χ4v) is 3.83. The highest BCUT2D eigenvalue weighted by atomic mass is 28.3. The molecule has 1 aromatic carbocycles. The molecule has 0 saturated carbocycles. The molecular weight excluding hydrogens is 236 g/mol. The van der Waals surface area contributed by atoms with Crippen LogP contribution in [0.1, 0.15) is 6.92 Å². The molecule has 0 amide bonds. The van der Waals surface area contributed by atoms with Crippen molar-refractivity contribution in [1.29, 1.82) is 0 Å². The maximum atomic E-state index is 3.61. The van der Waals surface area contributed by atoms with E-state index in [1.165, 1.54) is 5.19 Å². The van der Waals surface area contributed by atoms with Gasteiger partial charge in [-0.3, -0.25) is 0 Å². The minimum atomic E-state index is -1.56. The van der Waals surface area contributed by atoms with E-state index in [0.717, 1.165) is 0 Å². The molecule has 0 aliphatic heterocycles. The summed E-state index contributed by atoms with van der Waals surface area (Å²) in [6.07, 6.45) is 0. The molecule has 0 heterocycles. The quantitative estimate of drug-likeness (QED) is 0.559. The van der Waals surface area contributed by atoms with E-state index >= 15 is 0 Å². The van der Waals surface area contributed by atoms with Crippen LogP contribution in [-0.2, 0) is 0 Å². The third-order valence-corrected chi connectivity index (χ3v) is 8.68. The first-order chi connectivity index (χ1) is 7.73. The van der Waals surface area contributed by atoms with Crippen molar-refractivity contribution in [1.82, 2.24) is 0 Å². The zero-order chi connectivity index (χ0) is 13.1. The summed E-state index contributed by atoms with van der Waals surface area (Å²) >= 11 is 0. The maximum Gasteiger partial charge on any atom is 0.162 e. The molecule has 1 atom stereocenters. The van der Waals surface area contributed by atoms with E-state index in [4.69, 9.17) is 0 Å². The predicted molar refractivity (Wildman–Crippen MR) is 84.1 cm³/mol. The summed E-state index contributed by atoms with van der Waals surface area (Å²) in [7, 11) is -2.67. The van der Waals surface area contributed by atoms with Crippen molar-refractivity contribution in [2.24, 2.45) is 0 Å². The van der Waals surface area contributed by atoms with Crippen molar-refractivity contribution in [2.75, 3.05) is 0 Å². The Balaban J connectivity index is 2.92. The average Bonchev–Trinajstić information content (AvgIpc) is 2.26. The van der Waals surface area contributed by atoms with Crippen LogP contribution in [0, 0.1) is 11.5 Å². The predicted octanol–water partition coefficient (Wildman–Crippen LogP) is 3.87. The summed E-state index contributed by atoms with van der Waals surface area (Å²) in [6, 6.07) is 10.8. The molecule has 0 N–H and O–H groups in total. The summed E-state index contributed by atoms with van der Waals surface area (Å²) in [6.45, 7) is 14.1. The van der Waals surface area contributed by atoms with Crippen molar-refractivity contribution in [3.8, 4) is 11.5 Å². The second-order valence-electron chi connectivity index (χ2n) is 6.35. The molecule has 0 saturated heterocycles. The van der Waals surface area contributed by atoms with Crippen LogP contribution in [0.15, 0.2) is 30.3 Å². The summed E-state index contributed by atoms with van der Waals surface area (Å²) in [5.41, 5.74) is 4.19. The number of benzene rings is 1. The molecule has 2 heteroatoms. The molecular formula is C15H24Si2. The standard InChI is InChI=1S/C15H24Si2/c1-14(16(2,3)4)12-13-17(5,6)15-10-8-7-9-11-15/h7-11,14H,1-6H3. The zero-order valence-electron chi connectivity index (χ0n) is 12.0. The lowest BCUT2D eigenvalue weighted by Gasteiger charge is -2.21. The largest absolute Gasteiger partial charge is 0.162 e. The van der Waals surface area contributed by atoms with Crippen molar-refractivity contribution in [2.45, 2.75) is 45.2 Å². The normalized spacial score (nSPS) is 13.8. The Morgan fingerprint density at radius 3 is 1.94 bits per heavy atom. The first-order valence-electron chi connectivity index (χ1n) is 6.32. The van der Waals surface area contributed by atoms with Gasteiger partial charge in [0.1, 0.15) is 0 Å².